The SMILES string of the molecule is CC(C)(N)CN1CCC(C(=O)Nc2ccccc2)CC1. The largest absolute Gasteiger partial charge is 0.326 e. The van der Waals surface area contributed by atoms with E-state index in [1.807, 2.05) is 44.2 Å². The molecule has 20 heavy (non-hydrogen) atoms. The molecule has 2 rings (SSSR count). The molecule has 4 nitrogen and oxygen atoms in total. The zero-order valence-electron chi connectivity index (χ0n) is 12.4. The smallest absolute Gasteiger partial charge is 0.227 e. The predicted molar refractivity (Wildman–Crippen MR) is 82.5 cm³/mol. The van der Waals surface area contributed by atoms with E-state index in [9.17, 15) is 4.79 Å². The van der Waals surface area contributed by atoms with E-state index in [1.54, 1.807) is 0 Å². The normalized spacial score (nSPS) is 17.9. The summed E-state index contributed by atoms with van der Waals surface area (Å²) in [5.74, 6) is 0.259. The van der Waals surface area contributed by atoms with Gasteiger partial charge in [0.25, 0.3) is 0 Å². The first-order valence-electron chi connectivity index (χ1n) is 7.31. The van der Waals surface area contributed by atoms with E-state index >= 15 is 0 Å². The van der Waals surface area contributed by atoms with Crippen LogP contribution in [0, 0.1) is 5.92 Å². The van der Waals surface area contributed by atoms with Gasteiger partial charge in [0.15, 0.2) is 0 Å². The molecule has 110 valence electrons. The van der Waals surface area contributed by atoms with Crippen LogP contribution in [0.5, 0.6) is 0 Å². The summed E-state index contributed by atoms with van der Waals surface area (Å²) in [4.78, 5) is 14.6. The van der Waals surface area contributed by atoms with Gasteiger partial charge in [-0.15, -0.1) is 0 Å². The third kappa shape index (κ3) is 4.62. The van der Waals surface area contributed by atoms with Gasteiger partial charge in [-0.2, -0.15) is 0 Å². The molecule has 0 aliphatic carbocycles. The number of piperidine rings is 1. The molecule has 1 heterocycles. The number of amides is 1. The maximum absolute atomic E-state index is 12.2. The zero-order valence-corrected chi connectivity index (χ0v) is 12.4. The second-order valence-corrected chi connectivity index (χ2v) is 6.39. The van der Waals surface area contributed by atoms with Gasteiger partial charge in [0.05, 0.1) is 0 Å². The molecule has 1 fully saturated rings. The van der Waals surface area contributed by atoms with Crippen molar-refractivity contribution in [3.8, 4) is 0 Å². The Morgan fingerprint density at radius 2 is 1.90 bits per heavy atom. The minimum atomic E-state index is -0.168. The van der Waals surface area contributed by atoms with Gasteiger partial charge in [-0.25, -0.2) is 0 Å². The van der Waals surface area contributed by atoms with Crippen LogP contribution >= 0.6 is 0 Å². The lowest BCUT2D eigenvalue weighted by Crippen LogP contribution is -2.48. The van der Waals surface area contributed by atoms with Crippen LogP contribution in [0.1, 0.15) is 26.7 Å². The molecule has 1 saturated heterocycles. The van der Waals surface area contributed by atoms with E-state index < -0.39 is 0 Å². The fourth-order valence-corrected chi connectivity index (χ4v) is 2.70. The number of nitrogens with zero attached hydrogens (tertiary/aromatic N) is 1. The van der Waals surface area contributed by atoms with Crippen molar-refractivity contribution in [3.05, 3.63) is 30.3 Å². The summed E-state index contributed by atoms with van der Waals surface area (Å²) >= 11 is 0. The first kappa shape index (κ1) is 15.0. The highest BCUT2D eigenvalue weighted by atomic mass is 16.1. The highest BCUT2D eigenvalue weighted by Gasteiger charge is 2.27. The van der Waals surface area contributed by atoms with Crippen LogP contribution < -0.4 is 11.1 Å². The lowest BCUT2D eigenvalue weighted by molar-refractivity contribution is -0.121. The summed E-state index contributed by atoms with van der Waals surface area (Å²) in [6.45, 7) is 6.88. The summed E-state index contributed by atoms with van der Waals surface area (Å²) in [6.07, 6.45) is 1.82. The number of anilines is 1. The van der Waals surface area contributed by atoms with Crippen LogP contribution in [0.25, 0.3) is 0 Å². The molecule has 1 aliphatic rings. The number of carbonyl (C=O) groups is 1. The highest BCUT2D eigenvalue weighted by Crippen LogP contribution is 2.20. The lowest BCUT2D eigenvalue weighted by atomic mass is 9.94. The van der Waals surface area contributed by atoms with Gasteiger partial charge < -0.3 is 16.0 Å². The summed E-state index contributed by atoms with van der Waals surface area (Å²) < 4.78 is 0. The Morgan fingerprint density at radius 1 is 1.30 bits per heavy atom. The van der Waals surface area contributed by atoms with Crippen molar-refractivity contribution in [1.29, 1.82) is 0 Å². The molecule has 3 N–H and O–H groups in total. The zero-order chi connectivity index (χ0) is 14.6. The van der Waals surface area contributed by atoms with E-state index in [2.05, 4.69) is 10.2 Å². The lowest BCUT2D eigenvalue weighted by Gasteiger charge is -2.35. The van der Waals surface area contributed by atoms with Crippen molar-refractivity contribution in [2.24, 2.45) is 11.7 Å². The molecule has 0 bridgehead atoms. The molecule has 1 amide bonds. The topological polar surface area (TPSA) is 58.4 Å². The molecule has 4 heteroatoms. The number of para-hydroxylation sites is 1. The molecule has 0 radical (unpaired) electrons. The van der Waals surface area contributed by atoms with E-state index in [0.29, 0.717) is 0 Å². The second kappa shape index (κ2) is 6.37. The van der Waals surface area contributed by atoms with Crippen LogP contribution in [-0.2, 0) is 4.79 Å². The van der Waals surface area contributed by atoms with Crippen LogP contribution in [0.4, 0.5) is 5.69 Å². The van der Waals surface area contributed by atoms with Gasteiger partial charge >= 0.3 is 0 Å². The van der Waals surface area contributed by atoms with Gasteiger partial charge in [0.1, 0.15) is 0 Å². The van der Waals surface area contributed by atoms with Crippen LogP contribution in [-0.4, -0.2) is 36.0 Å². The van der Waals surface area contributed by atoms with Gasteiger partial charge in [0, 0.05) is 23.7 Å². The molecule has 0 aromatic heterocycles. The molecular formula is C16H25N3O. The van der Waals surface area contributed by atoms with Crippen molar-refractivity contribution in [2.45, 2.75) is 32.2 Å². The van der Waals surface area contributed by atoms with Crippen molar-refractivity contribution in [2.75, 3.05) is 25.0 Å². The Morgan fingerprint density at radius 3 is 2.45 bits per heavy atom. The van der Waals surface area contributed by atoms with E-state index in [1.165, 1.54) is 0 Å². The molecule has 1 aromatic carbocycles. The van der Waals surface area contributed by atoms with Gasteiger partial charge in [-0.3, -0.25) is 4.79 Å². The second-order valence-electron chi connectivity index (χ2n) is 6.39. The Balaban J connectivity index is 1.80. The summed E-state index contributed by atoms with van der Waals surface area (Å²) in [7, 11) is 0. The Bertz CT molecular complexity index is 431. The quantitative estimate of drug-likeness (QED) is 0.884. The minimum Gasteiger partial charge on any atom is -0.326 e. The number of likely N-dealkylation sites (tertiary alicyclic amines) is 1. The number of nitrogens with one attached hydrogen (secondary N) is 1. The summed E-state index contributed by atoms with van der Waals surface area (Å²) in [6, 6.07) is 9.65. The number of benzene rings is 1. The maximum atomic E-state index is 12.2. The van der Waals surface area contributed by atoms with E-state index in [-0.39, 0.29) is 17.4 Å². The molecule has 0 unspecified atom stereocenters. The monoisotopic (exact) mass is 275 g/mol. The number of hydrogen-bond acceptors (Lipinski definition) is 3. The first-order valence-corrected chi connectivity index (χ1v) is 7.31. The van der Waals surface area contributed by atoms with Gasteiger partial charge in [-0.1, -0.05) is 18.2 Å². The van der Waals surface area contributed by atoms with Gasteiger partial charge in [0.2, 0.25) is 5.91 Å². The molecule has 1 aliphatic heterocycles. The average molecular weight is 275 g/mol. The van der Waals surface area contributed by atoms with Crippen LogP contribution in [0.15, 0.2) is 30.3 Å². The van der Waals surface area contributed by atoms with Crippen LogP contribution in [0.2, 0.25) is 0 Å². The van der Waals surface area contributed by atoms with E-state index in [4.69, 9.17) is 5.73 Å². The van der Waals surface area contributed by atoms with Gasteiger partial charge in [-0.05, 0) is 51.9 Å². The molecular weight excluding hydrogens is 250 g/mol. The number of rotatable bonds is 4. The van der Waals surface area contributed by atoms with Crippen LogP contribution in [0.3, 0.4) is 0 Å². The molecule has 0 saturated carbocycles. The van der Waals surface area contributed by atoms with E-state index in [0.717, 1.165) is 38.2 Å². The molecule has 1 aromatic rings. The molecule has 0 spiro atoms. The summed E-state index contributed by atoms with van der Waals surface area (Å²) in [5.41, 5.74) is 6.75. The van der Waals surface area contributed by atoms with Crippen molar-refractivity contribution >= 4 is 11.6 Å². The first-order chi connectivity index (χ1) is 9.44. The third-order valence-corrected chi connectivity index (χ3v) is 3.63. The molecule has 0 atom stereocenters. The Hall–Kier alpha value is -1.39. The van der Waals surface area contributed by atoms with Crippen molar-refractivity contribution < 1.29 is 4.79 Å². The number of carbonyl (C=O) groups excluding carboxylic acids is 1. The predicted octanol–water partition coefficient (Wildman–Crippen LogP) is 2.07. The number of nitrogens with two attached hydrogens (primary N) is 1. The standard InChI is InChI=1S/C16H25N3O/c1-16(2,17)12-19-10-8-13(9-11-19)15(20)18-14-6-4-3-5-7-14/h3-7,13H,8-12,17H2,1-2H3,(H,18,20). The highest BCUT2D eigenvalue weighted by molar-refractivity contribution is 5.92. The Labute approximate surface area is 121 Å². The number of hydrogen-bond donors (Lipinski definition) is 2. The average Bonchev–Trinajstić information content (AvgIpc) is 2.39. The van der Waals surface area contributed by atoms with Crippen molar-refractivity contribution in [3.63, 3.8) is 0 Å². The summed E-state index contributed by atoms with van der Waals surface area (Å²) in [5, 5.41) is 2.99. The van der Waals surface area contributed by atoms with Crippen molar-refractivity contribution in [1.82, 2.24) is 4.90 Å². The third-order valence-electron chi connectivity index (χ3n) is 3.63. The maximum Gasteiger partial charge on any atom is 0.227 e. The Kier molecular flexibility index (Phi) is 4.78. The fourth-order valence-electron chi connectivity index (χ4n) is 2.70. The fraction of sp³-hybridized carbons (Fsp3) is 0.562. The minimum absolute atomic E-state index is 0.118.